The second-order valence-electron chi connectivity index (χ2n) is 5.57. The molecule has 0 saturated carbocycles. The molecule has 0 aliphatic carbocycles. The van der Waals surface area contributed by atoms with Crippen LogP contribution in [-0.2, 0) is 14.3 Å². The number of halogens is 1. The molecule has 0 heterocycles. The van der Waals surface area contributed by atoms with Crippen LogP contribution in [0.15, 0.2) is 42.5 Å². The van der Waals surface area contributed by atoms with E-state index in [9.17, 15) is 14.4 Å². The van der Waals surface area contributed by atoms with Crippen LogP contribution in [0, 0.1) is 18.3 Å². The van der Waals surface area contributed by atoms with Gasteiger partial charge in [0, 0.05) is 5.69 Å². The largest absolute Gasteiger partial charge is 0.452 e. The fourth-order valence-electron chi connectivity index (χ4n) is 2.09. The number of amides is 2. The highest BCUT2D eigenvalue weighted by molar-refractivity contribution is 6.33. The normalized spacial score (nSPS) is 9.81. The van der Waals surface area contributed by atoms with Crippen molar-refractivity contribution in [2.24, 2.45) is 0 Å². The third-order valence-electron chi connectivity index (χ3n) is 3.38. The molecule has 0 aromatic heterocycles. The SMILES string of the molecule is Cc1ccc(NC(=O)COC(=O)c2ccc(NC(=O)CC#N)cc2)c(Cl)c1. The maximum Gasteiger partial charge on any atom is 0.338 e. The average Bonchev–Trinajstić information content (AvgIpc) is 2.63. The third-order valence-corrected chi connectivity index (χ3v) is 3.69. The lowest BCUT2D eigenvalue weighted by molar-refractivity contribution is -0.119. The second kappa shape index (κ2) is 9.36. The summed E-state index contributed by atoms with van der Waals surface area (Å²) in [4.78, 5) is 35.2. The van der Waals surface area contributed by atoms with Gasteiger partial charge in [-0.1, -0.05) is 17.7 Å². The molecule has 0 atom stereocenters. The summed E-state index contributed by atoms with van der Waals surface area (Å²) in [5.41, 5.74) is 2.05. The lowest BCUT2D eigenvalue weighted by Crippen LogP contribution is -2.21. The van der Waals surface area contributed by atoms with Gasteiger partial charge in [0.25, 0.3) is 5.91 Å². The molecule has 8 heteroatoms. The first-order chi connectivity index (χ1) is 12.9. The van der Waals surface area contributed by atoms with Crippen molar-refractivity contribution in [3.05, 3.63) is 58.6 Å². The van der Waals surface area contributed by atoms with Crippen LogP contribution >= 0.6 is 11.6 Å². The van der Waals surface area contributed by atoms with Crippen molar-refractivity contribution in [1.82, 2.24) is 0 Å². The van der Waals surface area contributed by atoms with Crippen molar-refractivity contribution >= 4 is 40.8 Å². The lowest BCUT2D eigenvalue weighted by atomic mass is 10.2. The Bertz CT molecular complexity index is 904. The fourth-order valence-corrected chi connectivity index (χ4v) is 2.37. The number of carbonyl (C=O) groups is 3. The topological polar surface area (TPSA) is 108 Å². The van der Waals surface area contributed by atoms with Crippen LogP contribution < -0.4 is 10.6 Å². The van der Waals surface area contributed by atoms with Crippen molar-refractivity contribution < 1.29 is 19.1 Å². The Morgan fingerprint density at radius 2 is 1.78 bits per heavy atom. The highest BCUT2D eigenvalue weighted by atomic mass is 35.5. The molecule has 2 rings (SSSR count). The number of rotatable bonds is 6. The van der Waals surface area contributed by atoms with Crippen LogP contribution in [0.2, 0.25) is 5.02 Å². The van der Waals surface area contributed by atoms with Gasteiger partial charge in [-0.15, -0.1) is 0 Å². The van der Waals surface area contributed by atoms with Gasteiger partial charge in [-0.25, -0.2) is 4.79 Å². The first-order valence-electron chi connectivity index (χ1n) is 7.89. The quantitative estimate of drug-likeness (QED) is 0.741. The Morgan fingerprint density at radius 1 is 1.07 bits per heavy atom. The van der Waals surface area contributed by atoms with Crippen molar-refractivity contribution in [2.45, 2.75) is 13.3 Å². The lowest BCUT2D eigenvalue weighted by Gasteiger charge is -2.09. The Balaban J connectivity index is 1.86. The number of nitrogens with one attached hydrogen (secondary N) is 2. The number of ether oxygens (including phenoxy) is 1. The zero-order valence-corrected chi connectivity index (χ0v) is 15.2. The van der Waals surface area contributed by atoms with E-state index in [0.29, 0.717) is 16.4 Å². The molecule has 0 aliphatic heterocycles. The van der Waals surface area contributed by atoms with Gasteiger partial charge in [0.05, 0.1) is 22.3 Å². The number of benzene rings is 2. The van der Waals surface area contributed by atoms with Crippen LogP contribution in [0.25, 0.3) is 0 Å². The number of carbonyl (C=O) groups excluding carboxylic acids is 3. The summed E-state index contributed by atoms with van der Waals surface area (Å²) >= 11 is 6.03. The molecule has 0 spiro atoms. The first kappa shape index (κ1) is 19.9. The minimum Gasteiger partial charge on any atom is -0.452 e. The Labute approximate surface area is 160 Å². The number of nitrogens with zero attached hydrogens (tertiary/aromatic N) is 1. The Morgan fingerprint density at radius 3 is 2.41 bits per heavy atom. The molecule has 7 nitrogen and oxygen atoms in total. The number of nitriles is 1. The molecule has 0 radical (unpaired) electrons. The first-order valence-corrected chi connectivity index (χ1v) is 8.27. The maximum atomic E-state index is 12.0. The van der Waals surface area contributed by atoms with E-state index in [2.05, 4.69) is 10.6 Å². The van der Waals surface area contributed by atoms with Crippen molar-refractivity contribution in [3.8, 4) is 6.07 Å². The fraction of sp³-hybridized carbons (Fsp3) is 0.158. The predicted octanol–water partition coefficient (Wildman–Crippen LogP) is 3.30. The van der Waals surface area contributed by atoms with E-state index in [4.69, 9.17) is 21.6 Å². The minimum atomic E-state index is -0.685. The number of aryl methyl sites for hydroxylation is 1. The number of hydrogen-bond acceptors (Lipinski definition) is 5. The van der Waals surface area contributed by atoms with E-state index in [1.54, 1.807) is 24.3 Å². The standard InChI is InChI=1S/C19H16ClN3O4/c1-12-2-7-16(15(20)10-12)23-18(25)11-27-19(26)13-3-5-14(6-4-13)22-17(24)8-9-21/h2-7,10H,8,11H2,1H3,(H,22,24)(H,23,25). The highest BCUT2D eigenvalue weighted by Crippen LogP contribution is 2.22. The van der Waals surface area contributed by atoms with Crippen molar-refractivity contribution in [1.29, 1.82) is 5.26 Å². The number of esters is 1. The zero-order chi connectivity index (χ0) is 19.8. The number of hydrogen-bond donors (Lipinski definition) is 2. The molecule has 2 aromatic rings. The monoisotopic (exact) mass is 385 g/mol. The molecule has 0 saturated heterocycles. The van der Waals surface area contributed by atoms with Crippen molar-refractivity contribution in [3.63, 3.8) is 0 Å². The summed E-state index contributed by atoms with van der Waals surface area (Å²) in [6, 6.07) is 12.8. The van der Waals surface area contributed by atoms with Crippen LogP contribution in [0.3, 0.4) is 0 Å². The zero-order valence-electron chi connectivity index (χ0n) is 14.4. The van der Waals surface area contributed by atoms with Gasteiger partial charge in [0.15, 0.2) is 6.61 Å². The van der Waals surface area contributed by atoms with E-state index in [1.165, 1.54) is 24.3 Å². The molecular weight excluding hydrogens is 370 g/mol. The molecule has 138 valence electrons. The van der Waals surface area contributed by atoms with Gasteiger partial charge >= 0.3 is 5.97 Å². The summed E-state index contributed by atoms with van der Waals surface area (Å²) in [5.74, 6) is -1.65. The van der Waals surface area contributed by atoms with Gasteiger partial charge in [0.2, 0.25) is 5.91 Å². The van der Waals surface area contributed by atoms with E-state index in [1.807, 2.05) is 6.92 Å². The van der Waals surface area contributed by atoms with Crippen LogP contribution in [-0.4, -0.2) is 24.4 Å². The molecule has 2 N–H and O–H groups in total. The Kier molecular flexibility index (Phi) is 6.92. The van der Waals surface area contributed by atoms with Crippen LogP contribution in [0.1, 0.15) is 22.3 Å². The van der Waals surface area contributed by atoms with E-state index in [0.717, 1.165) is 5.56 Å². The third kappa shape index (κ3) is 6.13. The minimum absolute atomic E-state index is 0.217. The van der Waals surface area contributed by atoms with Gasteiger partial charge in [-0.3, -0.25) is 9.59 Å². The van der Waals surface area contributed by atoms with Gasteiger partial charge < -0.3 is 15.4 Å². The summed E-state index contributed by atoms with van der Waals surface area (Å²) in [6.07, 6.45) is -0.260. The Hall–Kier alpha value is -3.37. The van der Waals surface area contributed by atoms with Gasteiger partial charge in [-0.05, 0) is 48.9 Å². The van der Waals surface area contributed by atoms with E-state index < -0.39 is 24.4 Å². The molecule has 0 unspecified atom stereocenters. The smallest absolute Gasteiger partial charge is 0.338 e. The van der Waals surface area contributed by atoms with E-state index >= 15 is 0 Å². The molecule has 0 fully saturated rings. The number of anilines is 2. The van der Waals surface area contributed by atoms with Crippen LogP contribution in [0.5, 0.6) is 0 Å². The molecule has 0 aliphatic rings. The summed E-state index contributed by atoms with van der Waals surface area (Å²) in [5, 5.41) is 13.9. The van der Waals surface area contributed by atoms with E-state index in [-0.39, 0.29) is 12.0 Å². The summed E-state index contributed by atoms with van der Waals surface area (Å²) < 4.78 is 4.96. The summed E-state index contributed by atoms with van der Waals surface area (Å²) in [7, 11) is 0. The highest BCUT2D eigenvalue weighted by Gasteiger charge is 2.12. The molecule has 0 bridgehead atoms. The average molecular weight is 386 g/mol. The molecule has 2 amide bonds. The molecule has 27 heavy (non-hydrogen) atoms. The molecular formula is C19H16ClN3O4. The van der Waals surface area contributed by atoms with Crippen molar-refractivity contribution in [2.75, 3.05) is 17.2 Å². The molecule has 2 aromatic carbocycles. The maximum absolute atomic E-state index is 12.0. The summed E-state index contributed by atoms with van der Waals surface area (Å²) in [6.45, 7) is 1.41. The van der Waals surface area contributed by atoms with Gasteiger partial charge in [-0.2, -0.15) is 5.26 Å². The second-order valence-corrected chi connectivity index (χ2v) is 5.98. The predicted molar refractivity (Wildman–Crippen MR) is 100 cm³/mol. The van der Waals surface area contributed by atoms with Gasteiger partial charge in [0.1, 0.15) is 6.42 Å². The van der Waals surface area contributed by atoms with Crippen LogP contribution in [0.4, 0.5) is 11.4 Å².